The van der Waals surface area contributed by atoms with Crippen molar-refractivity contribution in [2.45, 2.75) is 57.6 Å². The van der Waals surface area contributed by atoms with E-state index < -0.39 is 0 Å². The Bertz CT molecular complexity index is 531. The van der Waals surface area contributed by atoms with Gasteiger partial charge in [0.25, 0.3) is 0 Å². The topological polar surface area (TPSA) is 72.5 Å². The summed E-state index contributed by atoms with van der Waals surface area (Å²) in [6.07, 6.45) is 9.18. The van der Waals surface area contributed by atoms with Gasteiger partial charge in [-0.05, 0) is 38.3 Å². The summed E-state index contributed by atoms with van der Waals surface area (Å²) in [5.74, 6) is 0.562. The number of hydrogen-bond acceptors (Lipinski definition) is 3. The summed E-state index contributed by atoms with van der Waals surface area (Å²) in [4.78, 5) is 8.77. The van der Waals surface area contributed by atoms with E-state index in [1.165, 1.54) is 25.7 Å². The fraction of sp³-hybridized carbons (Fsp3) is 0.667. The molecule has 2 aliphatic rings. The van der Waals surface area contributed by atoms with E-state index in [4.69, 9.17) is 10.5 Å². The lowest BCUT2D eigenvalue weighted by Crippen LogP contribution is -2.64. The average Bonchev–Trinajstić information content (AvgIpc) is 3.08. The Labute approximate surface area is 161 Å². The Kier molecular flexibility index (Phi) is 7.28. The Balaban J connectivity index is 0.00000208. The number of aromatic nitrogens is 1. The second-order valence-corrected chi connectivity index (χ2v) is 6.65. The van der Waals surface area contributed by atoms with Gasteiger partial charge in [0.2, 0.25) is 0 Å². The van der Waals surface area contributed by atoms with Gasteiger partial charge >= 0.3 is 0 Å². The van der Waals surface area contributed by atoms with Gasteiger partial charge in [-0.2, -0.15) is 0 Å². The van der Waals surface area contributed by atoms with Gasteiger partial charge in [-0.15, -0.1) is 24.0 Å². The molecule has 2 unspecified atom stereocenters. The first-order chi connectivity index (χ1) is 11.2. The van der Waals surface area contributed by atoms with E-state index >= 15 is 0 Å². The minimum absolute atomic E-state index is 0. The van der Waals surface area contributed by atoms with Crippen molar-refractivity contribution in [2.24, 2.45) is 16.1 Å². The maximum Gasteiger partial charge on any atom is 0.188 e. The standard InChI is InChI=1S/C18H28N4O.HI/c1-2-23-16-13-15(18(16)9-4-5-10-18)22-17(19)21-12-8-14-7-3-6-11-20-14;/h3,6-7,11,15-16H,2,4-5,8-10,12-13H2,1H3,(H3,19,21,22);1H. The highest BCUT2D eigenvalue weighted by molar-refractivity contribution is 14.0. The highest BCUT2D eigenvalue weighted by atomic mass is 127. The van der Waals surface area contributed by atoms with Crippen LogP contribution in [0.3, 0.4) is 0 Å². The Morgan fingerprint density at radius 3 is 2.88 bits per heavy atom. The first-order valence-corrected chi connectivity index (χ1v) is 8.82. The third kappa shape index (κ3) is 4.20. The van der Waals surface area contributed by atoms with Crippen LogP contribution in [0.2, 0.25) is 0 Å². The zero-order chi connectivity index (χ0) is 16.1. The van der Waals surface area contributed by atoms with Crippen LogP contribution in [0.15, 0.2) is 29.4 Å². The van der Waals surface area contributed by atoms with Crippen molar-refractivity contribution in [3.05, 3.63) is 30.1 Å². The maximum absolute atomic E-state index is 6.10. The first kappa shape index (κ1) is 19.4. The number of pyridine rings is 1. The Morgan fingerprint density at radius 2 is 2.21 bits per heavy atom. The molecule has 24 heavy (non-hydrogen) atoms. The minimum atomic E-state index is 0. The van der Waals surface area contributed by atoms with Gasteiger partial charge in [0.15, 0.2) is 5.96 Å². The van der Waals surface area contributed by atoms with E-state index in [0.29, 0.717) is 24.7 Å². The SMILES string of the molecule is CCOC1CC(NC(N)=NCCc2ccccn2)C12CCCC2.I. The van der Waals surface area contributed by atoms with Crippen LogP contribution in [0.1, 0.15) is 44.7 Å². The lowest BCUT2D eigenvalue weighted by Gasteiger charge is -2.54. The van der Waals surface area contributed by atoms with Crippen molar-refractivity contribution in [2.75, 3.05) is 13.2 Å². The third-order valence-corrected chi connectivity index (χ3v) is 5.39. The van der Waals surface area contributed by atoms with Gasteiger partial charge < -0.3 is 15.8 Å². The zero-order valence-electron chi connectivity index (χ0n) is 14.4. The van der Waals surface area contributed by atoms with Crippen molar-refractivity contribution in [1.29, 1.82) is 0 Å². The van der Waals surface area contributed by atoms with Crippen molar-refractivity contribution in [3.8, 4) is 0 Å². The summed E-state index contributed by atoms with van der Waals surface area (Å²) in [7, 11) is 0. The molecule has 6 heteroatoms. The van der Waals surface area contributed by atoms with Gasteiger partial charge in [-0.25, -0.2) is 0 Å². The average molecular weight is 444 g/mol. The van der Waals surface area contributed by atoms with Gasteiger partial charge in [-0.1, -0.05) is 18.9 Å². The molecule has 1 spiro atoms. The molecule has 0 radical (unpaired) electrons. The van der Waals surface area contributed by atoms with Crippen LogP contribution in [-0.4, -0.2) is 36.2 Å². The number of rotatable bonds is 6. The molecular formula is C18H29IN4O. The molecule has 134 valence electrons. The maximum atomic E-state index is 6.10. The molecule has 1 aromatic heterocycles. The molecule has 1 aromatic rings. The first-order valence-electron chi connectivity index (χ1n) is 8.82. The molecule has 3 N–H and O–H groups in total. The summed E-state index contributed by atoms with van der Waals surface area (Å²) in [6.45, 7) is 3.55. The molecular weight excluding hydrogens is 415 g/mol. The number of nitrogens with zero attached hydrogens (tertiary/aromatic N) is 2. The molecule has 3 rings (SSSR count). The zero-order valence-corrected chi connectivity index (χ0v) is 16.7. The van der Waals surface area contributed by atoms with E-state index in [1.807, 2.05) is 24.4 Å². The lowest BCUT2D eigenvalue weighted by molar-refractivity contribution is -0.125. The van der Waals surface area contributed by atoms with Crippen LogP contribution in [0.5, 0.6) is 0 Å². The van der Waals surface area contributed by atoms with E-state index in [-0.39, 0.29) is 29.4 Å². The highest BCUT2D eigenvalue weighted by Crippen LogP contribution is 2.54. The molecule has 0 aromatic carbocycles. The normalized spacial score (nSPS) is 25.1. The molecule has 0 saturated heterocycles. The Morgan fingerprint density at radius 1 is 1.42 bits per heavy atom. The van der Waals surface area contributed by atoms with E-state index in [0.717, 1.165) is 25.1 Å². The lowest BCUT2D eigenvalue weighted by atomic mass is 9.60. The summed E-state index contributed by atoms with van der Waals surface area (Å²) in [6, 6.07) is 6.36. The molecule has 0 bridgehead atoms. The van der Waals surface area contributed by atoms with Crippen LogP contribution in [-0.2, 0) is 11.2 Å². The second-order valence-electron chi connectivity index (χ2n) is 6.65. The largest absolute Gasteiger partial charge is 0.378 e. The monoisotopic (exact) mass is 444 g/mol. The van der Waals surface area contributed by atoms with Crippen LogP contribution >= 0.6 is 24.0 Å². The number of nitrogens with two attached hydrogens (primary N) is 1. The molecule has 2 aliphatic carbocycles. The number of aliphatic imine (C=N–C) groups is 1. The van der Waals surface area contributed by atoms with E-state index in [1.54, 1.807) is 0 Å². The number of halogens is 1. The van der Waals surface area contributed by atoms with Crippen LogP contribution in [0.25, 0.3) is 0 Å². The Hall–Kier alpha value is -0.890. The predicted octanol–water partition coefficient (Wildman–Crippen LogP) is 2.88. The molecule has 2 fully saturated rings. The summed E-state index contributed by atoms with van der Waals surface area (Å²) in [5.41, 5.74) is 7.44. The second kappa shape index (κ2) is 8.99. The number of guanidine groups is 1. The van der Waals surface area contributed by atoms with Crippen LogP contribution in [0, 0.1) is 5.41 Å². The number of ether oxygens (including phenoxy) is 1. The van der Waals surface area contributed by atoms with E-state index in [2.05, 4.69) is 22.2 Å². The van der Waals surface area contributed by atoms with Gasteiger partial charge in [-0.3, -0.25) is 9.98 Å². The fourth-order valence-electron chi connectivity index (χ4n) is 4.15. The molecule has 0 aliphatic heterocycles. The molecule has 2 atom stereocenters. The van der Waals surface area contributed by atoms with Crippen molar-refractivity contribution >= 4 is 29.9 Å². The minimum Gasteiger partial charge on any atom is -0.378 e. The van der Waals surface area contributed by atoms with Crippen LogP contribution < -0.4 is 11.1 Å². The van der Waals surface area contributed by atoms with Gasteiger partial charge in [0.05, 0.1) is 6.10 Å². The third-order valence-electron chi connectivity index (χ3n) is 5.39. The summed E-state index contributed by atoms with van der Waals surface area (Å²) in [5, 5.41) is 3.45. The highest BCUT2D eigenvalue weighted by Gasteiger charge is 2.56. The van der Waals surface area contributed by atoms with Gasteiger partial charge in [0, 0.05) is 42.9 Å². The van der Waals surface area contributed by atoms with Gasteiger partial charge in [0.1, 0.15) is 0 Å². The molecule has 1 heterocycles. The fourth-order valence-corrected chi connectivity index (χ4v) is 4.15. The molecule has 2 saturated carbocycles. The summed E-state index contributed by atoms with van der Waals surface area (Å²) < 4.78 is 5.94. The number of hydrogen-bond donors (Lipinski definition) is 2. The molecule has 5 nitrogen and oxygen atoms in total. The quantitative estimate of drug-likeness (QED) is 0.402. The number of nitrogens with one attached hydrogen (secondary N) is 1. The smallest absolute Gasteiger partial charge is 0.188 e. The predicted molar refractivity (Wildman–Crippen MR) is 108 cm³/mol. The molecule has 0 amide bonds. The van der Waals surface area contributed by atoms with Crippen molar-refractivity contribution in [1.82, 2.24) is 10.3 Å². The summed E-state index contributed by atoms with van der Waals surface area (Å²) >= 11 is 0. The van der Waals surface area contributed by atoms with Crippen molar-refractivity contribution < 1.29 is 4.74 Å². The van der Waals surface area contributed by atoms with E-state index in [9.17, 15) is 0 Å². The van der Waals surface area contributed by atoms with Crippen molar-refractivity contribution in [3.63, 3.8) is 0 Å². The van der Waals surface area contributed by atoms with Crippen LogP contribution in [0.4, 0.5) is 0 Å².